The third-order valence-corrected chi connectivity index (χ3v) is 4.49. The van der Waals surface area contributed by atoms with Crippen LogP contribution in [0, 0.1) is 6.92 Å². The molecular formula is C15H19ClN2. The Morgan fingerprint density at radius 1 is 1.28 bits per heavy atom. The molecule has 0 bridgehead atoms. The van der Waals surface area contributed by atoms with Crippen LogP contribution in [-0.4, -0.2) is 17.7 Å². The van der Waals surface area contributed by atoms with E-state index in [1.165, 1.54) is 35.0 Å². The molecule has 1 aliphatic rings. The van der Waals surface area contributed by atoms with E-state index in [0.717, 1.165) is 18.1 Å². The van der Waals surface area contributed by atoms with E-state index in [2.05, 4.69) is 36.0 Å². The van der Waals surface area contributed by atoms with Gasteiger partial charge in [-0.1, -0.05) is 17.7 Å². The van der Waals surface area contributed by atoms with E-state index in [9.17, 15) is 0 Å². The first-order valence-electron chi connectivity index (χ1n) is 6.63. The van der Waals surface area contributed by atoms with Crippen LogP contribution in [0.1, 0.15) is 30.0 Å². The molecule has 0 aliphatic carbocycles. The summed E-state index contributed by atoms with van der Waals surface area (Å²) in [6.45, 7) is 4.49. The van der Waals surface area contributed by atoms with Gasteiger partial charge in [0.1, 0.15) is 0 Å². The highest BCUT2D eigenvalue weighted by molar-refractivity contribution is 6.31. The van der Waals surface area contributed by atoms with Crippen LogP contribution < -0.4 is 5.32 Å². The van der Waals surface area contributed by atoms with E-state index in [4.69, 9.17) is 11.6 Å². The molecule has 1 saturated heterocycles. The number of hydrogen-bond acceptors (Lipinski definition) is 1. The van der Waals surface area contributed by atoms with Gasteiger partial charge in [0, 0.05) is 28.7 Å². The SMILES string of the molecule is Cc1c(C2CCNCC2)c2ccc(Cl)cc2n1C. The van der Waals surface area contributed by atoms with Crippen LogP contribution in [0.2, 0.25) is 5.02 Å². The largest absolute Gasteiger partial charge is 0.348 e. The van der Waals surface area contributed by atoms with Crippen molar-refractivity contribution >= 4 is 22.5 Å². The number of nitrogens with zero attached hydrogens (tertiary/aromatic N) is 1. The highest BCUT2D eigenvalue weighted by atomic mass is 35.5. The normalized spacial score (nSPS) is 17.5. The third-order valence-electron chi connectivity index (χ3n) is 4.25. The lowest BCUT2D eigenvalue weighted by atomic mass is 9.88. The maximum absolute atomic E-state index is 6.11. The molecule has 2 heterocycles. The van der Waals surface area contributed by atoms with Crippen LogP contribution in [0.3, 0.4) is 0 Å². The first-order chi connectivity index (χ1) is 8.68. The number of rotatable bonds is 1. The number of halogens is 1. The summed E-state index contributed by atoms with van der Waals surface area (Å²) in [6.07, 6.45) is 2.48. The summed E-state index contributed by atoms with van der Waals surface area (Å²) in [5, 5.41) is 5.64. The van der Waals surface area contributed by atoms with Crippen molar-refractivity contribution in [3.05, 3.63) is 34.5 Å². The van der Waals surface area contributed by atoms with E-state index < -0.39 is 0 Å². The van der Waals surface area contributed by atoms with Gasteiger partial charge in [-0.2, -0.15) is 0 Å². The predicted molar refractivity (Wildman–Crippen MR) is 77.5 cm³/mol. The zero-order valence-corrected chi connectivity index (χ0v) is 11.7. The second kappa shape index (κ2) is 4.60. The predicted octanol–water partition coefficient (Wildman–Crippen LogP) is 3.61. The Balaban J connectivity index is 2.18. The van der Waals surface area contributed by atoms with Crippen LogP contribution in [-0.2, 0) is 7.05 Å². The number of aryl methyl sites for hydroxylation is 1. The van der Waals surface area contributed by atoms with Gasteiger partial charge in [-0.25, -0.2) is 0 Å². The van der Waals surface area contributed by atoms with Gasteiger partial charge in [0.15, 0.2) is 0 Å². The summed E-state index contributed by atoms with van der Waals surface area (Å²) in [6, 6.07) is 6.27. The average molecular weight is 263 g/mol. The summed E-state index contributed by atoms with van der Waals surface area (Å²) < 4.78 is 2.28. The van der Waals surface area contributed by atoms with E-state index >= 15 is 0 Å². The fraction of sp³-hybridized carbons (Fsp3) is 0.467. The Labute approximate surface area is 113 Å². The molecule has 0 unspecified atom stereocenters. The molecule has 0 saturated carbocycles. The van der Waals surface area contributed by atoms with Crippen LogP contribution >= 0.6 is 11.6 Å². The minimum atomic E-state index is 0.691. The van der Waals surface area contributed by atoms with Crippen LogP contribution in [0.15, 0.2) is 18.2 Å². The van der Waals surface area contributed by atoms with Crippen molar-refractivity contribution in [2.24, 2.45) is 7.05 Å². The van der Waals surface area contributed by atoms with E-state index in [-0.39, 0.29) is 0 Å². The number of aromatic nitrogens is 1. The average Bonchev–Trinajstić information content (AvgIpc) is 2.64. The molecule has 3 rings (SSSR count). The molecular weight excluding hydrogens is 244 g/mol. The maximum atomic E-state index is 6.11. The lowest BCUT2D eigenvalue weighted by molar-refractivity contribution is 0.460. The van der Waals surface area contributed by atoms with Crippen molar-refractivity contribution in [1.82, 2.24) is 9.88 Å². The quantitative estimate of drug-likeness (QED) is 0.831. The zero-order chi connectivity index (χ0) is 12.7. The number of fused-ring (bicyclic) bond motifs is 1. The van der Waals surface area contributed by atoms with E-state index in [1.54, 1.807) is 0 Å². The molecule has 1 aromatic carbocycles. The first kappa shape index (κ1) is 12.1. The fourth-order valence-corrected chi connectivity index (χ4v) is 3.36. The minimum absolute atomic E-state index is 0.691. The van der Waals surface area contributed by atoms with Crippen LogP contribution in [0.4, 0.5) is 0 Å². The Bertz CT molecular complexity index is 580. The van der Waals surface area contributed by atoms with Crippen LogP contribution in [0.25, 0.3) is 10.9 Å². The lowest BCUT2D eigenvalue weighted by Crippen LogP contribution is -2.26. The summed E-state index contributed by atoms with van der Waals surface area (Å²) >= 11 is 6.11. The highest BCUT2D eigenvalue weighted by Crippen LogP contribution is 2.36. The molecule has 1 aromatic heterocycles. The van der Waals surface area contributed by atoms with Gasteiger partial charge in [-0.05, 0) is 56.5 Å². The van der Waals surface area contributed by atoms with Gasteiger partial charge in [-0.15, -0.1) is 0 Å². The van der Waals surface area contributed by atoms with Crippen LogP contribution in [0.5, 0.6) is 0 Å². The van der Waals surface area contributed by atoms with Gasteiger partial charge in [-0.3, -0.25) is 0 Å². The third kappa shape index (κ3) is 1.84. The number of benzene rings is 1. The van der Waals surface area contributed by atoms with Gasteiger partial charge in [0.2, 0.25) is 0 Å². The van der Waals surface area contributed by atoms with Gasteiger partial charge < -0.3 is 9.88 Å². The Kier molecular flexibility index (Phi) is 3.08. The molecule has 2 nitrogen and oxygen atoms in total. The van der Waals surface area contributed by atoms with Crippen molar-refractivity contribution < 1.29 is 0 Å². The second-order valence-electron chi connectivity index (χ2n) is 5.24. The molecule has 0 amide bonds. The molecule has 1 aliphatic heterocycles. The number of piperidine rings is 1. The molecule has 3 heteroatoms. The molecule has 18 heavy (non-hydrogen) atoms. The van der Waals surface area contributed by atoms with Crippen molar-refractivity contribution in [3.8, 4) is 0 Å². The van der Waals surface area contributed by atoms with Crippen molar-refractivity contribution in [3.63, 3.8) is 0 Å². The molecule has 1 fully saturated rings. The lowest BCUT2D eigenvalue weighted by Gasteiger charge is -2.23. The zero-order valence-electron chi connectivity index (χ0n) is 11.0. The summed E-state index contributed by atoms with van der Waals surface area (Å²) in [4.78, 5) is 0. The summed E-state index contributed by atoms with van der Waals surface area (Å²) in [7, 11) is 2.14. The highest BCUT2D eigenvalue weighted by Gasteiger charge is 2.22. The molecule has 2 aromatic rings. The molecule has 0 atom stereocenters. The topological polar surface area (TPSA) is 17.0 Å². The monoisotopic (exact) mass is 262 g/mol. The van der Waals surface area contributed by atoms with Crippen molar-refractivity contribution in [2.75, 3.05) is 13.1 Å². The maximum Gasteiger partial charge on any atom is 0.0497 e. The van der Waals surface area contributed by atoms with Gasteiger partial charge in [0.05, 0.1) is 0 Å². The summed E-state index contributed by atoms with van der Waals surface area (Å²) in [5.74, 6) is 0.691. The molecule has 96 valence electrons. The molecule has 0 radical (unpaired) electrons. The first-order valence-corrected chi connectivity index (χ1v) is 7.01. The Hall–Kier alpha value is -0.990. The number of hydrogen-bond donors (Lipinski definition) is 1. The van der Waals surface area contributed by atoms with Crippen molar-refractivity contribution in [1.29, 1.82) is 0 Å². The van der Waals surface area contributed by atoms with Gasteiger partial charge >= 0.3 is 0 Å². The Morgan fingerprint density at radius 3 is 2.72 bits per heavy atom. The summed E-state index contributed by atoms with van der Waals surface area (Å²) in [5.41, 5.74) is 4.18. The number of nitrogens with one attached hydrogen (secondary N) is 1. The molecule has 0 spiro atoms. The standard InChI is InChI=1S/C15H19ClN2/c1-10-15(11-5-7-17-8-6-11)13-4-3-12(16)9-14(13)18(10)2/h3-4,9,11,17H,5-8H2,1-2H3. The fourth-order valence-electron chi connectivity index (χ4n) is 3.19. The minimum Gasteiger partial charge on any atom is -0.348 e. The smallest absolute Gasteiger partial charge is 0.0497 e. The second-order valence-corrected chi connectivity index (χ2v) is 5.68. The van der Waals surface area contributed by atoms with E-state index in [1.807, 2.05) is 6.07 Å². The van der Waals surface area contributed by atoms with E-state index in [0.29, 0.717) is 5.92 Å². The molecule has 1 N–H and O–H groups in total. The van der Waals surface area contributed by atoms with Crippen molar-refractivity contribution in [2.45, 2.75) is 25.7 Å². The Morgan fingerprint density at radius 2 is 2.00 bits per heavy atom. The van der Waals surface area contributed by atoms with Gasteiger partial charge in [0.25, 0.3) is 0 Å².